The largest absolute Gasteiger partial charge is 0.443 e. The average molecular weight is 1120 g/mol. The molecule has 0 unspecified atom stereocenters. The van der Waals surface area contributed by atoms with Gasteiger partial charge in [0.1, 0.15) is 11.2 Å². The van der Waals surface area contributed by atoms with Crippen molar-refractivity contribution >= 4 is 64.8 Å². The van der Waals surface area contributed by atoms with Gasteiger partial charge in [-0.05, 0) is 129 Å². The highest BCUT2D eigenvalue weighted by molar-refractivity contribution is 9.09. The highest BCUT2D eigenvalue weighted by atomic mass is 79.9. The predicted molar refractivity (Wildman–Crippen MR) is 299 cm³/mol. The summed E-state index contributed by atoms with van der Waals surface area (Å²) in [7, 11) is -10.3. The van der Waals surface area contributed by atoms with Gasteiger partial charge >= 0.3 is 12.2 Å². The van der Waals surface area contributed by atoms with Gasteiger partial charge in [-0.15, -0.1) is 0 Å². The molecule has 0 heterocycles. The van der Waals surface area contributed by atoms with Crippen LogP contribution in [0.5, 0.6) is 0 Å². The van der Waals surface area contributed by atoms with Gasteiger partial charge in [0, 0.05) is 18.5 Å². The summed E-state index contributed by atoms with van der Waals surface area (Å²) in [6.45, 7) is 35.2. The molecule has 0 atom stereocenters. The topological polar surface area (TPSA) is 163 Å². The standard InChI is InChI=1S/C26H53NO5SSi.C18H39BrOSi.C8H15NO4S/c1-24(2,3)32-23(28)27-33(29,30)26(20-21-26)19-17-15-13-11-9-10-12-14-16-18-22-31-34(7,8)25(4,5)6;1-18(2,3)21(4,5)20-17-15-13-11-9-7-6-8-10-12-14-16-19;1-8(2,3)13-7(10)9-14(11,12)6-4-5-6/h9-22H2,1-8H3,(H,27,28);6-17H2,1-5H3;6H,4-5H2,1-3H3,(H,9,10). The number of ether oxygens (including phenoxy) is 2. The lowest BCUT2D eigenvalue weighted by molar-refractivity contribution is 0.0557. The van der Waals surface area contributed by atoms with Crippen molar-refractivity contribution in [2.24, 2.45) is 0 Å². The molecule has 17 heteroatoms. The number of rotatable bonds is 31. The molecule has 2 N–H and O–H groups in total. The molecule has 412 valence electrons. The van der Waals surface area contributed by atoms with Crippen LogP contribution < -0.4 is 9.44 Å². The Morgan fingerprint density at radius 2 is 0.812 bits per heavy atom. The fourth-order valence-corrected chi connectivity index (χ4v) is 12.1. The Labute approximate surface area is 436 Å². The molecule has 0 bridgehead atoms. The first-order chi connectivity index (χ1) is 31.5. The van der Waals surface area contributed by atoms with E-state index in [2.05, 4.69) is 88.4 Å². The van der Waals surface area contributed by atoms with Gasteiger partial charge in [-0.25, -0.2) is 35.9 Å². The number of unbranched alkanes of at least 4 members (excludes halogenated alkanes) is 18. The van der Waals surface area contributed by atoms with Gasteiger partial charge in [0.2, 0.25) is 20.0 Å². The summed E-state index contributed by atoms with van der Waals surface area (Å²) in [5, 5.41) is 1.40. The molecule has 0 aromatic carbocycles. The Balaban J connectivity index is 0.00000112. The minimum absolute atomic E-state index is 0.289. The summed E-state index contributed by atoms with van der Waals surface area (Å²) in [5.74, 6) is 0. The molecule has 0 aromatic rings. The highest BCUT2D eigenvalue weighted by Gasteiger charge is 2.54. The fraction of sp³-hybridized carbons (Fsp3) is 0.962. The van der Waals surface area contributed by atoms with Crippen LogP contribution in [0.15, 0.2) is 0 Å². The molecule has 2 fully saturated rings. The van der Waals surface area contributed by atoms with E-state index in [1.165, 1.54) is 114 Å². The second kappa shape index (κ2) is 31.9. The van der Waals surface area contributed by atoms with Gasteiger partial charge in [-0.3, -0.25) is 0 Å². The molecule has 12 nitrogen and oxygen atoms in total. The van der Waals surface area contributed by atoms with E-state index >= 15 is 0 Å². The van der Waals surface area contributed by atoms with E-state index in [1.807, 2.05) is 4.72 Å². The highest BCUT2D eigenvalue weighted by Crippen LogP contribution is 2.47. The third-order valence-electron chi connectivity index (χ3n) is 13.7. The number of hydrogen-bond acceptors (Lipinski definition) is 10. The number of carbonyl (C=O) groups is 2. The van der Waals surface area contributed by atoms with E-state index in [0.717, 1.165) is 32.5 Å². The second-order valence-electron chi connectivity index (χ2n) is 24.9. The summed E-state index contributed by atoms with van der Waals surface area (Å²) < 4.78 is 73.4. The number of sulfonamides is 2. The van der Waals surface area contributed by atoms with Gasteiger partial charge in [0.05, 0.1) is 10.00 Å². The third-order valence-corrected chi connectivity index (χ3v) is 27.3. The first-order valence-corrected chi connectivity index (χ1v) is 36.8. The SMILES string of the molecule is CC(C)(C)OC(=O)NS(=O)(=O)C1(CCCCCCCCCCCCO[Si](C)(C)C(C)(C)C)CC1.CC(C)(C)OC(=O)NS(=O)(=O)C1CC1.CC(C)(C)[Si](C)(C)OCCCCCCCCCCCCBr. The zero-order chi connectivity index (χ0) is 53.3. The zero-order valence-electron chi connectivity index (χ0n) is 47.2. The lowest BCUT2D eigenvalue weighted by Gasteiger charge is -2.36. The molecule has 2 amide bonds. The molecule has 0 spiro atoms. The van der Waals surface area contributed by atoms with Gasteiger partial charge < -0.3 is 18.3 Å². The van der Waals surface area contributed by atoms with E-state index in [4.69, 9.17) is 18.3 Å². The maximum atomic E-state index is 12.6. The van der Waals surface area contributed by atoms with Crippen molar-refractivity contribution in [1.29, 1.82) is 0 Å². The van der Waals surface area contributed by atoms with E-state index in [1.54, 1.807) is 41.5 Å². The summed E-state index contributed by atoms with van der Waals surface area (Å²) in [6, 6.07) is 0. The van der Waals surface area contributed by atoms with Crippen molar-refractivity contribution in [2.45, 2.75) is 301 Å². The number of carbonyl (C=O) groups excluding carboxylic acids is 2. The number of nitrogens with one attached hydrogen (secondary N) is 2. The Bertz CT molecular complexity index is 1640. The van der Waals surface area contributed by atoms with Gasteiger partial charge in [-0.1, -0.05) is 167 Å². The monoisotopic (exact) mass is 1120 g/mol. The quantitative estimate of drug-likeness (QED) is 0.0388. The van der Waals surface area contributed by atoms with Crippen molar-refractivity contribution in [3.8, 4) is 0 Å². The second-order valence-corrected chi connectivity index (χ2v) is 39.3. The third kappa shape index (κ3) is 32.9. The smallest absolute Gasteiger partial charge is 0.421 e. The van der Waals surface area contributed by atoms with Crippen molar-refractivity contribution in [1.82, 2.24) is 9.44 Å². The van der Waals surface area contributed by atoms with Gasteiger partial charge in [0.25, 0.3) is 0 Å². The fourth-order valence-electron chi connectivity index (χ4n) is 6.85. The normalized spacial score (nSPS) is 15.6. The molecule has 0 radical (unpaired) electrons. The summed E-state index contributed by atoms with van der Waals surface area (Å²) in [4.78, 5) is 23.0. The predicted octanol–water partition coefficient (Wildman–Crippen LogP) is 16.0. The Morgan fingerprint density at radius 1 is 0.507 bits per heavy atom. The Morgan fingerprint density at radius 3 is 1.10 bits per heavy atom. The summed E-state index contributed by atoms with van der Waals surface area (Å²) in [6.07, 6.45) is 27.0. The molecular formula is C52H107BrN2O10S2Si2. The van der Waals surface area contributed by atoms with Crippen molar-refractivity contribution < 1.29 is 44.8 Å². The van der Waals surface area contributed by atoms with Crippen LogP contribution in [-0.4, -0.2) is 85.4 Å². The van der Waals surface area contributed by atoms with Crippen LogP contribution >= 0.6 is 15.9 Å². The summed E-state index contributed by atoms with van der Waals surface area (Å²) in [5.41, 5.74) is -1.39. The van der Waals surface area contributed by atoms with E-state index in [-0.39, 0.29) is 5.04 Å². The van der Waals surface area contributed by atoms with Crippen molar-refractivity contribution in [2.75, 3.05) is 18.5 Å². The number of halogens is 1. The van der Waals surface area contributed by atoms with Crippen LogP contribution in [0.25, 0.3) is 0 Å². The molecule has 2 rings (SSSR count). The Kier molecular flexibility index (Phi) is 31.5. The minimum Gasteiger partial charge on any atom is -0.443 e. The average Bonchev–Trinajstić information content (AvgIpc) is 4.10. The van der Waals surface area contributed by atoms with Crippen LogP contribution in [0.4, 0.5) is 9.59 Å². The Hall–Kier alpha value is -0.726. The molecule has 2 aliphatic rings. The van der Waals surface area contributed by atoms with Crippen LogP contribution in [0, 0.1) is 0 Å². The molecule has 2 saturated carbocycles. The maximum absolute atomic E-state index is 12.6. The van der Waals surface area contributed by atoms with E-state index in [9.17, 15) is 26.4 Å². The van der Waals surface area contributed by atoms with E-state index < -0.39 is 70.1 Å². The molecule has 0 aromatic heterocycles. The number of alkyl halides is 1. The van der Waals surface area contributed by atoms with Crippen molar-refractivity contribution in [3.63, 3.8) is 0 Å². The van der Waals surface area contributed by atoms with Crippen molar-refractivity contribution in [3.05, 3.63) is 0 Å². The number of amides is 2. The van der Waals surface area contributed by atoms with Crippen LogP contribution in [0.1, 0.15) is 244 Å². The molecule has 2 aliphatic carbocycles. The first kappa shape index (κ1) is 68.3. The van der Waals surface area contributed by atoms with E-state index in [0.29, 0.717) is 37.1 Å². The van der Waals surface area contributed by atoms with Gasteiger partial charge in [0.15, 0.2) is 16.6 Å². The molecular weight excluding hydrogens is 1010 g/mol. The van der Waals surface area contributed by atoms with Crippen LogP contribution in [0.2, 0.25) is 36.3 Å². The van der Waals surface area contributed by atoms with Crippen LogP contribution in [-0.2, 0) is 38.4 Å². The lowest BCUT2D eigenvalue weighted by Crippen LogP contribution is -2.42. The lowest BCUT2D eigenvalue weighted by atomic mass is 10.0. The molecule has 69 heavy (non-hydrogen) atoms. The maximum Gasteiger partial charge on any atom is 0.421 e. The molecule has 0 saturated heterocycles. The van der Waals surface area contributed by atoms with Gasteiger partial charge in [-0.2, -0.15) is 0 Å². The first-order valence-electron chi connectivity index (χ1n) is 26.9. The zero-order valence-corrected chi connectivity index (χ0v) is 52.4. The summed E-state index contributed by atoms with van der Waals surface area (Å²) >= 11 is 3.49. The minimum atomic E-state index is -3.68. The molecule has 0 aliphatic heterocycles. The number of hydrogen-bond donors (Lipinski definition) is 2. The van der Waals surface area contributed by atoms with Crippen LogP contribution in [0.3, 0.4) is 0 Å².